The van der Waals surface area contributed by atoms with Crippen LogP contribution in [0.3, 0.4) is 0 Å². The number of alkyl halides is 3. The Hall–Kier alpha value is -3.29. The van der Waals surface area contributed by atoms with Gasteiger partial charge < -0.3 is 5.32 Å². The summed E-state index contributed by atoms with van der Waals surface area (Å²) in [7, 11) is 0. The molecular formula is C20H18F3N3O2. The van der Waals surface area contributed by atoms with Crippen molar-refractivity contribution in [1.82, 2.24) is 15.1 Å². The molecule has 1 heterocycles. The molecule has 2 aromatic carbocycles. The molecule has 0 saturated heterocycles. The first-order valence-corrected chi connectivity index (χ1v) is 8.54. The highest BCUT2D eigenvalue weighted by atomic mass is 19.4. The van der Waals surface area contributed by atoms with E-state index in [0.29, 0.717) is 5.69 Å². The molecule has 146 valence electrons. The van der Waals surface area contributed by atoms with Gasteiger partial charge in [-0.05, 0) is 24.6 Å². The maximum Gasteiger partial charge on any atom is 0.397 e. The number of aromatic amines is 1. The van der Waals surface area contributed by atoms with Crippen molar-refractivity contribution in [3.8, 4) is 5.69 Å². The second kappa shape index (κ2) is 7.75. The quantitative estimate of drug-likeness (QED) is 0.701. The van der Waals surface area contributed by atoms with Gasteiger partial charge in [0.2, 0.25) is 0 Å². The highest BCUT2D eigenvalue weighted by Crippen LogP contribution is 2.34. The molecule has 5 nitrogen and oxygen atoms in total. The van der Waals surface area contributed by atoms with E-state index in [1.807, 2.05) is 6.92 Å². The van der Waals surface area contributed by atoms with E-state index in [0.717, 1.165) is 16.3 Å². The van der Waals surface area contributed by atoms with Gasteiger partial charge in [-0.1, -0.05) is 48.0 Å². The van der Waals surface area contributed by atoms with Crippen molar-refractivity contribution in [2.24, 2.45) is 0 Å². The van der Waals surface area contributed by atoms with E-state index in [1.54, 1.807) is 30.3 Å². The maximum atomic E-state index is 13.4. The lowest BCUT2D eigenvalue weighted by Gasteiger charge is -2.21. The molecule has 1 aromatic heterocycles. The minimum absolute atomic E-state index is 0.0565. The van der Waals surface area contributed by atoms with Crippen molar-refractivity contribution < 1.29 is 18.0 Å². The summed E-state index contributed by atoms with van der Waals surface area (Å²) >= 11 is 0. The van der Waals surface area contributed by atoms with Crippen LogP contribution in [0, 0.1) is 6.92 Å². The Balaban J connectivity index is 1.77. The standard InChI is InChI=1S/C20H18F3N3O2/c1-13-7-9-15(10-8-13)26-18(27)11-17(25-26)19(28)24-12-16(20(21,22)23)14-5-3-2-4-6-14/h2-11,16,25H,12H2,1H3,(H,24,28). The number of H-pyrrole nitrogens is 1. The van der Waals surface area contributed by atoms with Crippen molar-refractivity contribution in [2.75, 3.05) is 6.54 Å². The zero-order valence-electron chi connectivity index (χ0n) is 15.0. The molecule has 0 aliphatic carbocycles. The summed E-state index contributed by atoms with van der Waals surface area (Å²) in [5.74, 6) is -2.63. The number of aryl methyl sites for hydroxylation is 1. The van der Waals surface area contributed by atoms with Crippen molar-refractivity contribution in [1.29, 1.82) is 0 Å². The van der Waals surface area contributed by atoms with Crippen LogP contribution < -0.4 is 10.9 Å². The second-order valence-electron chi connectivity index (χ2n) is 6.39. The Labute approximate surface area is 158 Å². The molecular weight excluding hydrogens is 371 g/mol. The lowest BCUT2D eigenvalue weighted by molar-refractivity contribution is -0.149. The first kappa shape index (κ1) is 19.5. The SMILES string of the molecule is Cc1ccc(-n2[nH]c(C(=O)NCC(c3ccccc3)C(F)(F)F)cc2=O)cc1. The van der Waals surface area contributed by atoms with Gasteiger partial charge in [-0.3, -0.25) is 14.7 Å². The Kier molecular flexibility index (Phi) is 5.39. The van der Waals surface area contributed by atoms with Crippen molar-refractivity contribution in [2.45, 2.75) is 19.0 Å². The van der Waals surface area contributed by atoms with Crippen LogP contribution in [0.1, 0.15) is 27.5 Å². The number of hydrogen-bond donors (Lipinski definition) is 2. The van der Waals surface area contributed by atoms with Crippen LogP contribution in [0.5, 0.6) is 0 Å². The van der Waals surface area contributed by atoms with Gasteiger partial charge in [0.15, 0.2) is 0 Å². The molecule has 1 unspecified atom stereocenters. The number of amides is 1. The van der Waals surface area contributed by atoms with Crippen LogP contribution >= 0.6 is 0 Å². The monoisotopic (exact) mass is 389 g/mol. The van der Waals surface area contributed by atoms with Crippen LogP contribution in [-0.4, -0.2) is 28.4 Å². The highest BCUT2D eigenvalue weighted by Gasteiger charge is 2.40. The minimum atomic E-state index is -4.52. The Morgan fingerprint density at radius 1 is 1.11 bits per heavy atom. The molecule has 3 rings (SSSR count). The number of carbonyl (C=O) groups excluding carboxylic acids is 1. The molecule has 0 fully saturated rings. The number of hydrogen-bond acceptors (Lipinski definition) is 2. The van der Waals surface area contributed by atoms with E-state index in [2.05, 4.69) is 10.4 Å². The lowest BCUT2D eigenvalue weighted by Crippen LogP contribution is -2.35. The highest BCUT2D eigenvalue weighted by molar-refractivity contribution is 5.92. The number of rotatable bonds is 5. The van der Waals surface area contributed by atoms with Gasteiger partial charge in [-0.25, -0.2) is 4.68 Å². The number of halogens is 3. The van der Waals surface area contributed by atoms with Crippen LogP contribution in [0.4, 0.5) is 13.2 Å². The predicted molar refractivity (Wildman–Crippen MR) is 98.7 cm³/mol. The molecule has 0 bridgehead atoms. The van der Waals surface area contributed by atoms with Gasteiger partial charge in [0.05, 0.1) is 11.6 Å². The van der Waals surface area contributed by atoms with Gasteiger partial charge in [0, 0.05) is 12.6 Å². The number of carbonyl (C=O) groups is 1. The van der Waals surface area contributed by atoms with Gasteiger partial charge in [0.25, 0.3) is 11.5 Å². The van der Waals surface area contributed by atoms with Crippen molar-refractivity contribution in [3.05, 3.63) is 87.8 Å². The third-order valence-electron chi connectivity index (χ3n) is 4.32. The molecule has 8 heteroatoms. The second-order valence-corrected chi connectivity index (χ2v) is 6.39. The average molecular weight is 389 g/mol. The molecule has 3 aromatic rings. The van der Waals surface area contributed by atoms with Crippen LogP contribution in [0.25, 0.3) is 5.69 Å². The normalized spacial score (nSPS) is 12.6. The zero-order chi connectivity index (χ0) is 20.3. The molecule has 0 aliphatic heterocycles. The van der Waals surface area contributed by atoms with Crippen LogP contribution in [-0.2, 0) is 0 Å². The largest absolute Gasteiger partial charge is 0.397 e. The minimum Gasteiger partial charge on any atom is -0.350 e. The lowest BCUT2D eigenvalue weighted by atomic mass is 9.98. The summed E-state index contributed by atoms with van der Waals surface area (Å²) in [6.45, 7) is 1.26. The summed E-state index contributed by atoms with van der Waals surface area (Å²) in [5, 5.41) is 4.89. The van der Waals surface area contributed by atoms with E-state index in [4.69, 9.17) is 0 Å². The zero-order valence-corrected chi connectivity index (χ0v) is 15.0. The first-order valence-electron chi connectivity index (χ1n) is 8.54. The molecule has 1 atom stereocenters. The average Bonchev–Trinajstić information content (AvgIpc) is 3.04. The number of aromatic nitrogens is 2. The third-order valence-corrected chi connectivity index (χ3v) is 4.32. The molecule has 0 spiro atoms. The van der Waals surface area contributed by atoms with Gasteiger partial charge in [-0.15, -0.1) is 0 Å². The number of nitrogens with one attached hydrogen (secondary N) is 2. The molecule has 1 amide bonds. The van der Waals surface area contributed by atoms with E-state index in [9.17, 15) is 22.8 Å². The van der Waals surface area contributed by atoms with Crippen LogP contribution in [0.2, 0.25) is 0 Å². The topological polar surface area (TPSA) is 66.9 Å². The molecule has 0 aliphatic rings. The molecule has 0 saturated carbocycles. The Morgan fingerprint density at radius 3 is 2.36 bits per heavy atom. The summed E-state index contributed by atoms with van der Waals surface area (Å²) in [6.07, 6.45) is -4.52. The number of nitrogens with zero attached hydrogens (tertiary/aromatic N) is 1. The molecule has 28 heavy (non-hydrogen) atoms. The fourth-order valence-electron chi connectivity index (χ4n) is 2.80. The van der Waals surface area contributed by atoms with E-state index in [1.165, 1.54) is 24.3 Å². The van der Waals surface area contributed by atoms with E-state index >= 15 is 0 Å². The summed E-state index contributed by atoms with van der Waals surface area (Å²) < 4.78 is 41.3. The summed E-state index contributed by atoms with van der Waals surface area (Å²) in [5.41, 5.74) is 0.984. The van der Waals surface area contributed by atoms with Gasteiger partial charge in [-0.2, -0.15) is 13.2 Å². The summed E-state index contributed by atoms with van der Waals surface area (Å²) in [6, 6.07) is 15.4. The van der Waals surface area contributed by atoms with Gasteiger partial charge in [0.1, 0.15) is 5.69 Å². The first-order chi connectivity index (χ1) is 13.3. The van der Waals surface area contributed by atoms with Crippen LogP contribution in [0.15, 0.2) is 65.5 Å². The molecule has 0 radical (unpaired) electrons. The van der Waals surface area contributed by atoms with Crippen molar-refractivity contribution in [3.63, 3.8) is 0 Å². The maximum absolute atomic E-state index is 13.4. The van der Waals surface area contributed by atoms with E-state index in [-0.39, 0.29) is 11.3 Å². The fraction of sp³-hybridized carbons (Fsp3) is 0.200. The third kappa shape index (κ3) is 4.33. The fourth-order valence-corrected chi connectivity index (χ4v) is 2.80. The predicted octanol–water partition coefficient (Wildman–Crippen LogP) is 3.55. The van der Waals surface area contributed by atoms with E-state index < -0.39 is 30.1 Å². The van der Waals surface area contributed by atoms with Gasteiger partial charge >= 0.3 is 6.18 Å². The van der Waals surface area contributed by atoms with Crippen molar-refractivity contribution >= 4 is 5.91 Å². The number of benzene rings is 2. The Morgan fingerprint density at radius 2 is 1.75 bits per heavy atom. The smallest absolute Gasteiger partial charge is 0.350 e. The molecule has 2 N–H and O–H groups in total. The summed E-state index contributed by atoms with van der Waals surface area (Å²) in [4.78, 5) is 24.4. The Bertz CT molecular complexity index is 1010.